The summed E-state index contributed by atoms with van der Waals surface area (Å²) in [7, 11) is 0. The molecule has 0 bridgehead atoms. The fraction of sp³-hybridized carbons (Fsp3) is 0.571. The molecule has 1 heterocycles. The number of hydrogen-bond donors (Lipinski definition) is 1. The largest absolute Gasteiger partial charge is 0.316 e. The number of aromatic nitrogens is 3. The van der Waals surface area contributed by atoms with Gasteiger partial charge in [0, 0.05) is 13.1 Å². The van der Waals surface area contributed by atoms with Gasteiger partial charge >= 0.3 is 0 Å². The molecule has 0 aliphatic carbocycles. The molecule has 0 aliphatic heterocycles. The Morgan fingerprint density at radius 2 is 2.06 bits per heavy atom. The first-order valence-electron chi connectivity index (χ1n) is 6.61. The van der Waals surface area contributed by atoms with Gasteiger partial charge in [0.15, 0.2) is 0 Å². The van der Waals surface area contributed by atoms with Crippen LogP contribution in [0, 0.1) is 5.41 Å². The molecule has 0 aliphatic rings. The molecule has 2 rings (SSSR count). The van der Waals surface area contributed by atoms with Gasteiger partial charge < -0.3 is 5.32 Å². The lowest BCUT2D eigenvalue weighted by molar-refractivity contribution is 0.278. The Kier molecular flexibility index (Phi) is 3.97. The fourth-order valence-corrected chi connectivity index (χ4v) is 2.10. The van der Waals surface area contributed by atoms with Crippen molar-refractivity contribution >= 4 is 11.0 Å². The second-order valence-corrected chi connectivity index (χ2v) is 5.58. The highest BCUT2D eigenvalue weighted by molar-refractivity contribution is 5.73. The quantitative estimate of drug-likeness (QED) is 0.796. The molecule has 18 heavy (non-hydrogen) atoms. The first-order valence-corrected chi connectivity index (χ1v) is 6.61. The van der Waals surface area contributed by atoms with E-state index in [-0.39, 0.29) is 5.41 Å². The van der Waals surface area contributed by atoms with E-state index in [0.717, 1.165) is 30.7 Å². The molecule has 1 N–H and O–H groups in total. The van der Waals surface area contributed by atoms with Gasteiger partial charge in [-0.15, -0.1) is 5.10 Å². The fourth-order valence-electron chi connectivity index (χ4n) is 2.10. The third-order valence-electron chi connectivity index (χ3n) is 3.03. The van der Waals surface area contributed by atoms with Gasteiger partial charge in [0.05, 0.1) is 5.52 Å². The highest BCUT2D eigenvalue weighted by Gasteiger charge is 2.19. The zero-order valence-corrected chi connectivity index (χ0v) is 11.5. The van der Waals surface area contributed by atoms with Crippen molar-refractivity contribution in [2.45, 2.75) is 33.7 Å². The van der Waals surface area contributed by atoms with E-state index in [1.165, 1.54) is 6.42 Å². The standard InChI is InChI=1S/C14H22N4/c1-4-9-15-10-14(2,3)11-18-13-8-6-5-7-12(13)16-17-18/h5-8,15H,4,9-11H2,1-3H3. The van der Waals surface area contributed by atoms with E-state index in [2.05, 4.69) is 42.5 Å². The number of nitrogens with one attached hydrogen (secondary N) is 1. The summed E-state index contributed by atoms with van der Waals surface area (Å²) in [5.74, 6) is 0. The molecule has 0 saturated carbocycles. The van der Waals surface area contributed by atoms with Crippen LogP contribution in [-0.4, -0.2) is 28.1 Å². The van der Waals surface area contributed by atoms with Crippen LogP contribution in [0.1, 0.15) is 27.2 Å². The zero-order chi connectivity index (χ0) is 13.0. The summed E-state index contributed by atoms with van der Waals surface area (Å²) >= 11 is 0. The molecule has 4 nitrogen and oxygen atoms in total. The summed E-state index contributed by atoms with van der Waals surface area (Å²) in [5.41, 5.74) is 2.25. The summed E-state index contributed by atoms with van der Waals surface area (Å²) in [6.45, 7) is 9.64. The summed E-state index contributed by atoms with van der Waals surface area (Å²) in [4.78, 5) is 0. The number of para-hydroxylation sites is 1. The summed E-state index contributed by atoms with van der Waals surface area (Å²) in [6, 6.07) is 8.10. The lowest BCUT2D eigenvalue weighted by atomic mass is 9.93. The minimum Gasteiger partial charge on any atom is -0.316 e. The van der Waals surface area contributed by atoms with Crippen LogP contribution in [0.3, 0.4) is 0 Å². The minimum atomic E-state index is 0.172. The third-order valence-corrected chi connectivity index (χ3v) is 3.03. The Hall–Kier alpha value is -1.42. The molecule has 0 unspecified atom stereocenters. The predicted octanol–water partition coefficient (Wildman–Crippen LogP) is 2.46. The maximum Gasteiger partial charge on any atom is 0.113 e. The first-order chi connectivity index (χ1) is 8.62. The van der Waals surface area contributed by atoms with Crippen molar-refractivity contribution in [3.05, 3.63) is 24.3 Å². The molecule has 0 atom stereocenters. The van der Waals surface area contributed by atoms with E-state index in [1.54, 1.807) is 0 Å². The van der Waals surface area contributed by atoms with Crippen LogP contribution in [0.2, 0.25) is 0 Å². The van der Waals surface area contributed by atoms with Crippen LogP contribution >= 0.6 is 0 Å². The molecule has 1 aromatic heterocycles. The lowest BCUT2D eigenvalue weighted by Crippen LogP contribution is -2.33. The van der Waals surface area contributed by atoms with Gasteiger partial charge in [-0.05, 0) is 30.5 Å². The summed E-state index contributed by atoms with van der Waals surface area (Å²) in [6.07, 6.45) is 1.17. The summed E-state index contributed by atoms with van der Waals surface area (Å²) < 4.78 is 2.00. The molecule has 1 aromatic carbocycles. The first kappa shape index (κ1) is 13.0. The van der Waals surface area contributed by atoms with Crippen molar-refractivity contribution in [3.63, 3.8) is 0 Å². The average molecular weight is 246 g/mol. The van der Waals surface area contributed by atoms with Gasteiger partial charge in [-0.3, -0.25) is 0 Å². The van der Waals surface area contributed by atoms with Crippen molar-refractivity contribution in [1.29, 1.82) is 0 Å². The van der Waals surface area contributed by atoms with Crippen molar-refractivity contribution in [1.82, 2.24) is 20.3 Å². The van der Waals surface area contributed by atoms with Crippen LogP contribution in [0.4, 0.5) is 0 Å². The Morgan fingerprint density at radius 3 is 2.83 bits per heavy atom. The highest BCUT2D eigenvalue weighted by atomic mass is 15.4. The Bertz CT molecular complexity index is 501. The van der Waals surface area contributed by atoms with Gasteiger partial charge in [0.25, 0.3) is 0 Å². The Morgan fingerprint density at radius 1 is 1.28 bits per heavy atom. The molecular weight excluding hydrogens is 224 g/mol. The molecular formula is C14H22N4. The van der Waals surface area contributed by atoms with Crippen LogP contribution in [0.15, 0.2) is 24.3 Å². The number of fused-ring (bicyclic) bond motifs is 1. The van der Waals surface area contributed by atoms with Crippen LogP contribution in [0.5, 0.6) is 0 Å². The number of hydrogen-bond acceptors (Lipinski definition) is 3. The molecule has 98 valence electrons. The van der Waals surface area contributed by atoms with Gasteiger partial charge in [-0.1, -0.05) is 38.1 Å². The van der Waals surface area contributed by atoms with Gasteiger partial charge in [0.1, 0.15) is 5.52 Å². The second kappa shape index (κ2) is 5.48. The highest BCUT2D eigenvalue weighted by Crippen LogP contribution is 2.19. The van der Waals surface area contributed by atoms with Gasteiger partial charge in [-0.25, -0.2) is 4.68 Å². The van der Waals surface area contributed by atoms with Crippen LogP contribution < -0.4 is 5.32 Å². The number of benzene rings is 1. The minimum absolute atomic E-state index is 0.172. The van der Waals surface area contributed by atoms with E-state index < -0.39 is 0 Å². The zero-order valence-electron chi connectivity index (χ0n) is 11.5. The van der Waals surface area contributed by atoms with E-state index in [9.17, 15) is 0 Å². The van der Waals surface area contributed by atoms with Crippen molar-refractivity contribution in [2.24, 2.45) is 5.41 Å². The van der Waals surface area contributed by atoms with Crippen molar-refractivity contribution in [2.75, 3.05) is 13.1 Å². The number of nitrogens with zero attached hydrogens (tertiary/aromatic N) is 3. The summed E-state index contributed by atoms with van der Waals surface area (Å²) in [5, 5.41) is 11.9. The predicted molar refractivity (Wildman–Crippen MR) is 74.5 cm³/mol. The molecule has 4 heteroatoms. The SMILES string of the molecule is CCCNCC(C)(C)Cn1nnc2ccccc21. The Balaban J connectivity index is 2.08. The monoisotopic (exact) mass is 246 g/mol. The third kappa shape index (κ3) is 3.07. The average Bonchev–Trinajstić information content (AvgIpc) is 2.72. The van der Waals surface area contributed by atoms with Crippen molar-refractivity contribution in [3.8, 4) is 0 Å². The second-order valence-electron chi connectivity index (χ2n) is 5.58. The molecule has 0 fully saturated rings. The van der Waals surface area contributed by atoms with Crippen molar-refractivity contribution < 1.29 is 0 Å². The Labute approximate surface area is 108 Å². The molecule has 0 radical (unpaired) electrons. The normalized spacial score (nSPS) is 12.2. The van der Waals surface area contributed by atoms with E-state index in [4.69, 9.17) is 0 Å². The molecule has 0 spiro atoms. The van der Waals surface area contributed by atoms with E-state index >= 15 is 0 Å². The smallest absolute Gasteiger partial charge is 0.113 e. The molecule has 0 saturated heterocycles. The van der Waals surface area contributed by atoms with Crippen LogP contribution in [-0.2, 0) is 6.54 Å². The maximum atomic E-state index is 4.25. The van der Waals surface area contributed by atoms with E-state index in [1.807, 2.05) is 22.9 Å². The maximum absolute atomic E-state index is 4.25. The molecule has 2 aromatic rings. The topological polar surface area (TPSA) is 42.7 Å². The molecule has 0 amide bonds. The van der Waals surface area contributed by atoms with Gasteiger partial charge in [-0.2, -0.15) is 0 Å². The number of rotatable bonds is 6. The van der Waals surface area contributed by atoms with E-state index in [0.29, 0.717) is 0 Å². The van der Waals surface area contributed by atoms with Gasteiger partial charge in [0.2, 0.25) is 0 Å². The van der Waals surface area contributed by atoms with Crippen LogP contribution in [0.25, 0.3) is 11.0 Å². The lowest BCUT2D eigenvalue weighted by Gasteiger charge is -2.25.